The van der Waals surface area contributed by atoms with Crippen molar-refractivity contribution in [1.29, 1.82) is 0 Å². The van der Waals surface area contributed by atoms with E-state index >= 15 is 0 Å². The van der Waals surface area contributed by atoms with E-state index in [1.807, 2.05) is 0 Å². The molecule has 0 aromatic heterocycles. The van der Waals surface area contributed by atoms with Crippen LogP contribution in [0.25, 0.3) is 0 Å². The van der Waals surface area contributed by atoms with Gasteiger partial charge in [0.25, 0.3) is 0 Å². The van der Waals surface area contributed by atoms with Gasteiger partial charge in [0.1, 0.15) is 5.82 Å². The van der Waals surface area contributed by atoms with Gasteiger partial charge in [-0.3, -0.25) is 9.59 Å². The van der Waals surface area contributed by atoms with E-state index in [0.717, 1.165) is 37.4 Å². The fourth-order valence-electron chi connectivity index (χ4n) is 5.51. The lowest BCUT2D eigenvalue weighted by Crippen LogP contribution is -2.47. The number of piperidine rings is 1. The monoisotopic (exact) mass is 386 g/mol. The first-order valence-electron chi connectivity index (χ1n) is 10.9. The van der Waals surface area contributed by atoms with Crippen LogP contribution in [0, 0.1) is 17.7 Å². The molecule has 28 heavy (non-hydrogen) atoms. The normalized spacial score (nSPS) is 30.0. The molecule has 0 unspecified atom stereocenters. The quantitative estimate of drug-likeness (QED) is 0.836. The predicted molar refractivity (Wildman–Crippen MR) is 106 cm³/mol. The van der Waals surface area contributed by atoms with Gasteiger partial charge in [-0.1, -0.05) is 31.4 Å². The topological polar surface area (TPSA) is 49.4 Å². The molecule has 0 spiro atoms. The molecule has 4 nitrogen and oxygen atoms in total. The van der Waals surface area contributed by atoms with Gasteiger partial charge < -0.3 is 10.2 Å². The van der Waals surface area contributed by atoms with Crippen LogP contribution in [0.15, 0.2) is 24.3 Å². The maximum Gasteiger partial charge on any atom is 0.222 e. The van der Waals surface area contributed by atoms with Crippen molar-refractivity contribution in [3.05, 3.63) is 35.6 Å². The maximum absolute atomic E-state index is 13.2. The van der Waals surface area contributed by atoms with Gasteiger partial charge in [-0.05, 0) is 61.6 Å². The summed E-state index contributed by atoms with van der Waals surface area (Å²) in [6, 6.07) is 6.47. The summed E-state index contributed by atoms with van der Waals surface area (Å²) in [4.78, 5) is 26.9. The Kier molecular flexibility index (Phi) is 5.70. The van der Waals surface area contributed by atoms with E-state index < -0.39 is 0 Å². The first kappa shape index (κ1) is 19.4. The van der Waals surface area contributed by atoms with Crippen molar-refractivity contribution in [2.75, 3.05) is 13.1 Å². The third kappa shape index (κ3) is 4.39. The number of carbonyl (C=O) groups excluding carboxylic acids is 2. The molecule has 152 valence electrons. The predicted octanol–water partition coefficient (Wildman–Crippen LogP) is 3.84. The molecule has 3 atom stereocenters. The van der Waals surface area contributed by atoms with Crippen molar-refractivity contribution in [2.24, 2.45) is 11.8 Å². The van der Waals surface area contributed by atoms with Crippen LogP contribution >= 0.6 is 0 Å². The summed E-state index contributed by atoms with van der Waals surface area (Å²) in [5.41, 5.74) is 0.618. The van der Waals surface area contributed by atoms with E-state index in [4.69, 9.17) is 0 Å². The largest absolute Gasteiger partial charge is 0.350 e. The molecule has 1 aromatic rings. The van der Waals surface area contributed by atoms with E-state index in [2.05, 4.69) is 10.2 Å². The van der Waals surface area contributed by atoms with Crippen molar-refractivity contribution in [3.8, 4) is 0 Å². The fraction of sp³-hybridized carbons (Fsp3) is 0.652. The molecular formula is C23H31FN2O2. The molecule has 2 aliphatic heterocycles. The average molecular weight is 387 g/mol. The van der Waals surface area contributed by atoms with Gasteiger partial charge in [-0.15, -0.1) is 0 Å². The van der Waals surface area contributed by atoms with E-state index in [-0.39, 0.29) is 23.2 Å². The van der Waals surface area contributed by atoms with E-state index in [1.54, 1.807) is 12.1 Å². The van der Waals surface area contributed by atoms with Crippen molar-refractivity contribution in [1.82, 2.24) is 10.2 Å². The zero-order valence-corrected chi connectivity index (χ0v) is 16.6. The van der Waals surface area contributed by atoms with E-state index in [1.165, 1.54) is 37.8 Å². The molecule has 3 fully saturated rings. The van der Waals surface area contributed by atoms with Crippen molar-refractivity contribution < 1.29 is 14.0 Å². The summed E-state index contributed by atoms with van der Waals surface area (Å²) in [5.74, 6) is 1.53. The summed E-state index contributed by atoms with van der Waals surface area (Å²) in [5, 5.41) is 3.13. The van der Waals surface area contributed by atoms with Gasteiger partial charge in [0.2, 0.25) is 11.8 Å². The van der Waals surface area contributed by atoms with Crippen LogP contribution < -0.4 is 5.32 Å². The SMILES string of the molecule is O=C1CC[C@@](CCC(=O)N2CC[C@@H]3CCCC[C@H]3C2)(Cc2ccc(F)cc2)N1. The second kappa shape index (κ2) is 8.22. The number of amides is 2. The third-order valence-electron chi connectivity index (χ3n) is 7.15. The number of hydrogen-bond donors (Lipinski definition) is 1. The Labute approximate surface area is 166 Å². The van der Waals surface area contributed by atoms with Crippen LogP contribution in [0.1, 0.15) is 63.4 Å². The highest BCUT2D eigenvalue weighted by Crippen LogP contribution is 2.36. The summed E-state index contributed by atoms with van der Waals surface area (Å²) < 4.78 is 13.2. The molecule has 4 rings (SSSR count). The molecule has 1 saturated carbocycles. The van der Waals surface area contributed by atoms with Crippen molar-refractivity contribution >= 4 is 11.8 Å². The lowest BCUT2D eigenvalue weighted by molar-refractivity contribution is -0.135. The number of carbonyl (C=O) groups is 2. The Bertz CT molecular complexity index is 720. The Morgan fingerprint density at radius 1 is 1.14 bits per heavy atom. The smallest absolute Gasteiger partial charge is 0.222 e. The number of fused-ring (bicyclic) bond motifs is 1. The van der Waals surface area contributed by atoms with Crippen LogP contribution in [0.2, 0.25) is 0 Å². The second-order valence-electron chi connectivity index (χ2n) is 9.06. The number of benzene rings is 1. The summed E-state index contributed by atoms with van der Waals surface area (Å²) >= 11 is 0. The molecule has 2 amide bonds. The van der Waals surface area contributed by atoms with Crippen LogP contribution in [0.5, 0.6) is 0 Å². The zero-order chi connectivity index (χ0) is 19.6. The first-order chi connectivity index (χ1) is 13.5. The Balaban J connectivity index is 1.37. The van der Waals surface area contributed by atoms with E-state index in [9.17, 15) is 14.0 Å². The molecule has 1 N–H and O–H groups in total. The zero-order valence-electron chi connectivity index (χ0n) is 16.6. The molecule has 0 bridgehead atoms. The minimum absolute atomic E-state index is 0.0533. The third-order valence-corrected chi connectivity index (χ3v) is 7.15. The Morgan fingerprint density at radius 2 is 1.89 bits per heavy atom. The summed E-state index contributed by atoms with van der Waals surface area (Å²) in [7, 11) is 0. The molecule has 3 aliphatic rings. The molecule has 2 heterocycles. The number of nitrogens with one attached hydrogen (secondary N) is 1. The highest BCUT2D eigenvalue weighted by molar-refractivity contribution is 5.80. The molecule has 1 aliphatic carbocycles. The van der Waals surface area contributed by atoms with Crippen LogP contribution in [-0.4, -0.2) is 35.3 Å². The Morgan fingerprint density at radius 3 is 2.61 bits per heavy atom. The van der Waals surface area contributed by atoms with Crippen molar-refractivity contribution in [2.45, 2.75) is 69.7 Å². The average Bonchev–Trinajstić information content (AvgIpc) is 3.08. The van der Waals surface area contributed by atoms with Gasteiger partial charge >= 0.3 is 0 Å². The summed E-state index contributed by atoms with van der Waals surface area (Å²) in [6.07, 6.45) is 9.41. The number of rotatable bonds is 5. The van der Waals surface area contributed by atoms with Gasteiger partial charge in [-0.2, -0.15) is 0 Å². The minimum Gasteiger partial charge on any atom is -0.350 e. The highest BCUT2D eigenvalue weighted by atomic mass is 19.1. The number of halogens is 1. The molecule has 1 aromatic carbocycles. The number of likely N-dealkylation sites (tertiary alicyclic amines) is 1. The van der Waals surface area contributed by atoms with Gasteiger partial charge in [-0.25, -0.2) is 4.39 Å². The lowest BCUT2D eigenvalue weighted by atomic mass is 9.75. The molecule has 5 heteroatoms. The van der Waals surface area contributed by atoms with Crippen LogP contribution in [0.3, 0.4) is 0 Å². The maximum atomic E-state index is 13.2. The Hall–Kier alpha value is -1.91. The fourth-order valence-corrected chi connectivity index (χ4v) is 5.51. The second-order valence-corrected chi connectivity index (χ2v) is 9.06. The van der Waals surface area contributed by atoms with Crippen LogP contribution in [0.4, 0.5) is 4.39 Å². The van der Waals surface area contributed by atoms with Crippen LogP contribution in [-0.2, 0) is 16.0 Å². The molecule has 2 saturated heterocycles. The first-order valence-corrected chi connectivity index (χ1v) is 10.9. The van der Waals surface area contributed by atoms with Gasteiger partial charge in [0, 0.05) is 31.5 Å². The number of hydrogen-bond acceptors (Lipinski definition) is 2. The lowest BCUT2D eigenvalue weighted by Gasteiger charge is -2.41. The summed E-state index contributed by atoms with van der Waals surface area (Å²) in [6.45, 7) is 1.80. The number of nitrogens with zero attached hydrogens (tertiary/aromatic N) is 1. The minimum atomic E-state index is -0.381. The standard InChI is InChI=1S/C23H31FN2O2/c24-20-7-5-17(6-8-20)15-23(12-9-21(27)25-23)13-10-22(28)26-14-11-18-3-1-2-4-19(18)16-26/h5-8,18-19H,1-4,9-16H2,(H,25,27)/t18-,19-,23+/m0/s1. The van der Waals surface area contributed by atoms with Crippen molar-refractivity contribution in [3.63, 3.8) is 0 Å². The molecule has 0 radical (unpaired) electrons. The van der Waals surface area contributed by atoms with E-state index in [0.29, 0.717) is 31.6 Å². The van der Waals surface area contributed by atoms with Gasteiger partial charge in [0.15, 0.2) is 0 Å². The van der Waals surface area contributed by atoms with Gasteiger partial charge in [0.05, 0.1) is 0 Å². The highest BCUT2D eigenvalue weighted by Gasteiger charge is 2.39. The molecular weight excluding hydrogens is 355 g/mol.